The second kappa shape index (κ2) is 31.7. The molecule has 2 saturated carbocycles. The van der Waals surface area contributed by atoms with Gasteiger partial charge in [0.25, 0.3) is 0 Å². The summed E-state index contributed by atoms with van der Waals surface area (Å²) in [4.78, 5) is 19.8. The van der Waals surface area contributed by atoms with Gasteiger partial charge in [0.05, 0.1) is 97.7 Å². The van der Waals surface area contributed by atoms with Gasteiger partial charge in [-0.3, -0.25) is 0 Å². The zero-order valence-corrected chi connectivity index (χ0v) is 65.0. The zero-order valence-electron chi connectivity index (χ0n) is 65.0. The Morgan fingerprint density at radius 3 is 0.832 bits per heavy atom. The molecule has 6 aliphatic rings. The van der Waals surface area contributed by atoms with E-state index in [0.717, 1.165) is 44.8 Å². The van der Waals surface area contributed by atoms with Gasteiger partial charge in [0.2, 0.25) is 0 Å². The lowest BCUT2D eigenvalue weighted by molar-refractivity contribution is 0.400. The third-order valence-corrected chi connectivity index (χ3v) is 23.0. The van der Waals surface area contributed by atoms with E-state index in [0.29, 0.717) is 47.4 Å². The Morgan fingerprint density at radius 2 is 0.533 bits per heavy atom. The molecule has 16 rings (SSSR count). The number of aryl methyl sites for hydroxylation is 6. The van der Waals surface area contributed by atoms with E-state index in [1.807, 2.05) is 48.5 Å². The molecule has 107 heavy (non-hydrogen) atoms. The summed E-state index contributed by atoms with van der Waals surface area (Å²) in [6.07, 6.45) is 12.7. The van der Waals surface area contributed by atoms with Crippen LogP contribution in [0, 0.1) is 86.9 Å². The van der Waals surface area contributed by atoms with E-state index in [1.165, 1.54) is 148 Å². The highest BCUT2D eigenvalue weighted by atomic mass is 15.5. The quantitative estimate of drug-likeness (QED) is 0.130. The van der Waals surface area contributed by atoms with E-state index in [2.05, 4.69) is 318 Å². The average molecular weight is 1410 g/mol. The molecule has 4 aliphatic heterocycles. The summed E-state index contributed by atoms with van der Waals surface area (Å²) < 4.78 is 0. The lowest BCUT2D eigenvalue weighted by Gasteiger charge is -2.38. The van der Waals surface area contributed by atoms with Crippen molar-refractivity contribution in [2.45, 2.75) is 203 Å². The minimum atomic E-state index is 0.112. The fourth-order valence-electron chi connectivity index (χ4n) is 18.0. The number of nitrogens with zero attached hydrogens (tertiary/aromatic N) is 12. The van der Waals surface area contributed by atoms with E-state index >= 15 is 0 Å². The second-order valence-electron chi connectivity index (χ2n) is 30.5. The first-order chi connectivity index (χ1) is 51.8. The van der Waals surface area contributed by atoms with Crippen molar-refractivity contribution in [2.75, 3.05) is 39.2 Å². The molecule has 10 aromatic carbocycles. The van der Waals surface area contributed by atoms with Crippen molar-refractivity contribution in [1.29, 1.82) is 21.0 Å². The average Bonchev–Trinajstić information content (AvgIpc) is 1.61. The predicted molar refractivity (Wildman–Crippen MR) is 445 cm³/mol. The van der Waals surface area contributed by atoms with Crippen molar-refractivity contribution < 1.29 is 0 Å². The molecule has 0 N–H and O–H groups in total. The number of fused-ring (bicyclic) bond motifs is 4. The van der Waals surface area contributed by atoms with Crippen LogP contribution in [0.25, 0.3) is 0 Å². The Balaban J connectivity index is 0.000000127. The molecule has 4 atom stereocenters. The van der Waals surface area contributed by atoms with Gasteiger partial charge >= 0.3 is 0 Å². The Hall–Kier alpha value is -11.4. The molecule has 0 aromatic heterocycles. The van der Waals surface area contributed by atoms with Crippen LogP contribution in [-0.2, 0) is 0 Å². The van der Waals surface area contributed by atoms with Crippen LogP contribution in [0.1, 0.15) is 192 Å². The van der Waals surface area contributed by atoms with E-state index in [1.54, 1.807) is 0 Å². The first-order valence-corrected chi connectivity index (χ1v) is 38.7. The molecule has 2 aliphatic carbocycles. The lowest BCUT2D eigenvalue weighted by Crippen LogP contribution is -2.45. The number of nitriles is 4. The van der Waals surface area contributed by atoms with Gasteiger partial charge in [-0.1, -0.05) is 145 Å². The summed E-state index contributed by atoms with van der Waals surface area (Å²) in [6, 6.07) is 82.2. The first-order valence-electron chi connectivity index (χ1n) is 38.7. The van der Waals surface area contributed by atoms with Crippen molar-refractivity contribution in [3.8, 4) is 24.3 Å². The highest BCUT2D eigenvalue weighted by Crippen LogP contribution is 2.54. The molecular weight excluding hydrogens is 1310 g/mol. The number of benzene rings is 10. The van der Waals surface area contributed by atoms with Gasteiger partial charge in [0, 0.05) is 40.5 Å². The fourth-order valence-corrected chi connectivity index (χ4v) is 18.0. The first kappa shape index (κ1) is 73.9. The van der Waals surface area contributed by atoms with Gasteiger partial charge in [-0.05, 0) is 273 Å². The maximum atomic E-state index is 9.31. The Kier molecular flexibility index (Phi) is 21.9. The van der Waals surface area contributed by atoms with Crippen LogP contribution in [0.4, 0.5) is 79.6 Å². The molecule has 0 spiro atoms. The molecule has 12 nitrogen and oxygen atoms in total. The zero-order chi connectivity index (χ0) is 75.5. The van der Waals surface area contributed by atoms with Crippen molar-refractivity contribution in [3.05, 3.63) is 273 Å². The van der Waals surface area contributed by atoms with Gasteiger partial charge < -0.3 is 39.2 Å². The highest BCUT2D eigenvalue weighted by Gasteiger charge is 2.43. The van der Waals surface area contributed by atoms with E-state index in [9.17, 15) is 10.5 Å². The topological polar surface area (TPSA) is 121 Å². The Bertz CT molecular complexity index is 5040. The summed E-state index contributed by atoms with van der Waals surface area (Å²) in [5.74, 6) is 0.859. The van der Waals surface area contributed by atoms with E-state index in [4.69, 9.17) is 10.5 Å². The van der Waals surface area contributed by atoms with Crippen LogP contribution >= 0.6 is 0 Å². The summed E-state index contributed by atoms with van der Waals surface area (Å²) in [6.45, 7) is 31.0. The Morgan fingerprint density at radius 1 is 0.271 bits per heavy atom. The number of hydrogen-bond donors (Lipinski definition) is 0. The highest BCUT2D eigenvalue weighted by molar-refractivity contribution is 5.93. The van der Waals surface area contributed by atoms with Crippen molar-refractivity contribution in [2.24, 2.45) is 0 Å². The van der Waals surface area contributed by atoms with E-state index in [-0.39, 0.29) is 12.3 Å². The fraction of sp³-hybridized carbons (Fsp3) is 0.326. The van der Waals surface area contributed by atoms with Crippen molar-refractivity contribution in [1.82, 2.24) is 0 Å². The number of para-hydroxylation sites is 10. The summed E-state index contributed by atoms with van der Waals surface area (Å²) in [5, 5.41) is 36.8. The summed E-state index contributed by atoms with van der Waals surface area (Å²) in [7, 11) is 0. The third kappa shape index (κ3) is 14.1. The molecule has 2 fully saturated rings. The largest absolute Gasteiger partial charge is 0.346 e. The van der Waals surface area contributed by atoms with Crippen LogP contribution in [0.5, 0.6) is 0 Å². The molecule has 10 aromatic rings. The second-order valence-corrected chi connectivity index (χ2v) is 30.5. The maximum Gasteiger partial charge on any atom is 0.108 e. The third-order valence-electron chi connectivity index (χ3n) is 23.0. The number of rotatable bonds is 10. The monoisotopic (exact) mass is 1410 g/mol. The smallest absolute Gasteiger partial charge is 0.108 e. The molecule has 12 heteroatoms. The van der Waals surface area contributed by atoms with Crippen LogP contribution in [-0.4, -0.2) is 36.7 Å². The molecule has 0 unspecified atom stereocenters. The van der Waals surface area contributed by atoms with Crippen LogP contribution < -0.4 is 39.2 Å². The molecule has 0 radical (unpaired) electrons. The van der Waals surface area contributed by atoms with Crippen LogP contribution in [0.3, 0.4) is 0 Å². The molecule has 542 valence electrons. The van der Waals surface area contributed by atoms with Crippen molar-refractivity contribution >= 4 is 79.6 Å². The van der Waals surface area contributed by atoms with Crippen LogP contribution in [0.15, 0.2) is 206 Å². The van der Waals surface area contributed by atoms with Gasteiger partial charge in [-0.15, -0.1) is 0 Å². The Labute approximate surface area is 636 Å². The molecule has 4 heterocycles. The molecular formula is C95H102N12. The van der Waals surface area contributed by atoms with Gasteiger partial charge in [0.1, 0.15) is 24.7 Å². The van der Waals surface area contributed by atoms with Gasteiger partial charge in [0.15, 0.2) is 0 Å². The summed E-state index contributed by atoms with van der Waals surface area (Å²) >= 11 is 0. The molecule has 0 bridgehead atoms. The minimum Gasteiger partial charge on any atom is -0.346 e. The van der Waals surface area contributed by atoms with E-state index < -0.39 is 0 Å². The summed E-state index contributed by atoms with van der Waals surface area (Å²) in [5.41, 5.74) is 30.1. The van der Waals surface area contributed by atoms with Gasteiger partial charge in [-0.25, -0.2) is 0 Å². The maximum absolute atomic E-state index is 9.31. The normalized spacial score (nSPS) is 17.8. The molecule has 0 saturated heterocycles. The number of hydrogen-bond acceptors (Lipinski definition) is 12. The standard InChI is InChI=1S/C28H31N3.C24H23N3.C22H25N3.C21H23N3/c1-18(2)23-10-9-11-24(19(3)4)28(23)31-21(6)30(26-12-7-8-13-27(26)31)25-15-14-22(17-29)16-20(25)5;1-16-8-7-9-17(2)24(16)27-19(4)26(22-10-5-6-11-23(22)27)21-13-12-20(15-25)14-18(21)3;1-16-14-18(15-23)12-13-20(16)25-17(2)24(19-8-4-3-5-9-19)21-10-6-7-11-22(21)25;1-15-13-17(14-22)11-12-19(15)24-16(2)23(18-7-3-4-8-18)20-9-5-6-10-21(20)24/h7-16,18-19,21H,1-6H3;5-14,19H,1-4H3;6-7,10-14,17,19H,3-5,8-9H2,1-2H3;5-6,9-13,16,18H,3-4,7-8H2,1-2H3/t21-;19-;17-;16-/m0011/s1. The van der Waals surface area contributed by atoms with Crippen LogP contribution in [0.2, 0.25) is 0 Å². The SMILES string of the molecule is Cc1cc(C#N)ccc1N1c2ccccc2N(C2CCCC2)[C@H]1C.Cc1cc(C#N)ccc1N1c2ccccc2N(C2CCCCC2)[C@H]1C.Cc1cc(C#N)ccc1N1c2ccccc2N(c2c(C(C)C)cccc2C(C)C)[C@H]1C.Cc1cc(C#N)ccc1N1c2ccccc2N(c2c(C)cccc2C)[C@H]1C. The number of anilines is 14. The minimum absolute atomic E-state index is 0.112. The predicted octanol–water partition coefficient (Wildman–Crippen LogP) is 24.5. The van der Waals surface area contributed by atoms with Gasteiger partial charge in [-0.2, -0.15) is 21.0 Å². The molecule has 0 amide bonds. The van der Waals surface area contributed by atoms with Crippen molar-refractivity contribution in [3.63, 3.8) is 0 Å². The lowest BCUT2D eigenvalue weighted by atomic mass is 9.91.